The zero-order valence-electron chi connectivity index (χ0n) is 20.7. The summed E-state index contributed by atoms with van der Waals surface area (Å²) in [6.07, 6.45) is 4.46. The lowest BCUT2D eigenvalue weighted by Crippen LogP contribution is -2.45. The first kappa shape index (κ1) is 24.7. The molecule has 0 bridgehead atoms. The highest BCUT2D eigenvalue weighted by Gasteiger charge is 2.27. The summed E-state index contributed by atoms with van der Waals surface area (Å²) in [5.74, 6) is 1.06. The van der Waals surface area contributed by atoms with Gasteiger partial charge in [-0.05, 0) is 62.6 Å². The molecule has 4 aromatic rings. The van der Waals surface area contributed by atoms with Crippen LogP contribution in [0.3, 0.4) is 0 Å². The van der Waals surface area contributed by atoms with Gasteiger partial charge in [-0.1, -0.05) is 61.2 Å². The largest absolute Gasteiger partial charge is 0.333 e. The number of benzene rings is 2. The number of hydrogen-bond acceptors (Lipinski definition) is 5. The Kier molecular flexibility index (Phi) is 7.66. The second-order valence-electron chi connectivity index (χ2n) is 9.32. The van der Waals surface area contributed by atoms with Gasteiger partial charge in [0.1, 0.15) is 0 Å². The standard InChI is InChI=1S/C28H31N5OS/c1-5-21-11-13-24(14-12-21)33-26(23-15-17-29-18-16-23)30-31-27(33)35-20-25(34)32(28(2,3)4)19-22-9-7-6-8-10-22/h6-18H,5,19-20H2,1-4H3. The van der Waals surface area contributed by atoms with Crippen molar-refractivity contribution in [2.45, 2.75) is 51.4 Å². The molecule has 0 atom stereocenters. The number of pyridine rings is 1. The van der Waals surface area contributed by atoms with E-state index < -0.39 is 0 Å². The minimum absolute atomic E-state index is 0.0627. The third kappa shape index (κ3) is 5.98. The Morgan fingerprint density at radius 2 is 1.60 bits per heavy atom. The number of thioether (sulfide) groups is 1. The maximum absolute atomic E-state index is 13.4. The Morgan fingerprint density at radius 3 is 2.23 bits per heavy atom. The van der Waals surface area contributed by atoms with Gasteiger partial charge in [0.05, 0.1) is 5.75 Å². The van der Waals surface area contributed by atoms with Crippen LogP contribution < -0.4 is 0 Å². The molecule has 7 heteroatoms. The summed E-state index contributed by atoms with van der Waals surface area (Å²) in [6, 6.07) is 22.3. The number of rotatable bonds is 8. The van der Waals surface area contributed by atoms with Gasteiger partial charge < -0.3 is 4.90 Å². The molecule has 0 radical (unpaired) electrons. The zero-order chi connectivity index (χ0) is 24.8. The number of carbonyl (C=O) groups is 1. The molecule has 0 unspecified atom stereocenters. The lowest BCUT2D eigenvalue weighted by Gasteiger charge is -2.36. The molecule has 0 saturated carbocycles. The van der Waals surface area contributed by atoms with E-state index in [0.29, 0.717) is 11.7 Å². The van der Waals surface area contributed by atoms with Gasteiger partial charge in [0, 0.05) is 35.7 Å². The van der Waals surface area contributed by atoms with Crippen LogP contribution in [0.1, 0.15) is 38.8 Å². The second kappa shape index (κ2) is 10.9. The minimum Gasteiger partial charge on any atom is -0.333 e. The van der Waals surface area contributed by atoms with Crippen molar-refractivity contribution in [1.29, 1.82) is 0 Å². The van der Waals surface area contributed by atoms with Gasteiger partial charge >= 0.3 is 0 Å². The van der Waals surface area contributed by atoms with E-state index in [9.17, 15) is 4.79 Å². The Balaban J connectivity index is 1.61. The highest BCUT2D eigenvalue weighted by molar-refractivity contribution is 7.99. The lowest BCUT2D eigenvalue weighted by molar-refractivity contribution is -0.133. The van der Waals surface area contributed by atoms with Crippen LogP contribution in [0, 0.1) is 0 Å². The van der Waals surface area contributed by atoms with Gasteiger partial charge in [0.25, 0.3) is 0 Å². The van der Waals surface area contributed by atoms with Gasteiger partial charge in [-0.25, -0.2) is 0 Å². The average Bonchev–Trinajstić information content (AvgIpc) is 3.30. The first-order valence-corrected chi connectivity index (χ1v) is 12.8. The first-order chi connectivity index (χ1) is 16.9. The molecule has 0 aliphatic rings. The molecule has 180 valence electrons. The summed E-state index contributed by atoms with van der Waals surface area (Å²) in [6.45, 7) is 8.91. The van der Waals surface area contributed by atoms with Crippen molar-refractivity contribution in [1.82, 2.24) is 24.6 Å². The molecule has 2 aromatic carbocycles. The normalized spacial score (nSPS) is 11.4. The predicted molar refractivity (Wildman–Crippen MR) is 141 cm³/mol. The highest BCUT2D eigenvalue weighted by atomic mass is 32.2. The van der Waals surface area contributed by atoms with Gasteiger partial charge in [-0.3, -0.25) is 14.3 Å². The van der Waals surface area contributed by atoms with E-state index in [2.05, 4.69) is 79.3 Å². The maximum atomic E-state index is 13.4. The summed E-state index contributed by atoms with van der Waals surface area (Å²) < 4.78 is 2.02. The average molecular weight is 486 g/mol. The topological polar surface area (TPSA) is 63.9 Å². The number of amides is 1. The Labute approximate surface area is 211 Å². The molecule has 35 heavy (non-hydrogen) atoms. The fraction of sp³-hybridized carbons (Fsp3) is 0.286. The van der Waals surface area contributed by atoms with E-state index in [-0.39, 0.29) is 17.2 Å². The van der Waals surface area contributed by atoms with Crippen LogP contribution in [-0.4, -0.2) is 41.8 Å². The van der Waals surface area contributed by atoms with Gasteiger partial charge in [-0.2, -0.15) is 0 Å². The maximum Gasteiger partial charge on any atom is 0.233 e. The van der Waals surface area contributed by atoms with Crippen molar-refractivity contribution in [2.75, 3.05) is 5.75 Å². The molecule has 0 fully saturated rings. The first-order valence-electron chi connectivity index (χ1n) is 11.8. The van der Waals surface area contributed by atoms with Crippen LogP contribution in [0.2, 0.25) is 0 Å². The van der Waals surface area contributed by atoms with E-state index in [0.717, 1.165) is 29.1 Å². The molecule has 0 N–H and O–H groups in total. The van der Waals surface area contributed by atoms with Gasteiger partial charge in [-0.15, -0.1) is 10.2 Å². The number of aromatic nitrogens is 4. The molecule has 1 amide bonds. The van der Waals surface area contributed by atoms with Crippen molar-refractivity contribution in [2.24, 2.45) is 0 Å². The molecule has 0 aliphatic carbocycles. The van der Waals surface area contributed by atoms with Gasteiger partial charge in [0.2, 0.25) is 5.91 Å². The van der Waals surface area contributed by atoms with E-state index in [1.807, 2.05) is 39.8 Å². The molecule has 2 aromatic heterocycles. The van der Waals surface area contributed by atoms with Crippen LogP contribution in [0.15, 0.2) is 84.3 Å². The SMILES string of the molecule is CCc1ccc(-n2c(SCC(=O)N(Cc3ccccc3)C(C)(C)C)nnc2-c2ccncc2)cc1. The zero-order valence-corrected chi connectivity index (χ0v) is 21.5. The van der Waals surface area contributed by atoms with Gasteiger partial charge in [0.15, 0.2) is 11.0 Å². The fourth-order valence-corrected chi connectivity index (χ4v) is 4.66. The summed E-state index contributed by atoms with van der Waals surface area (Å²) in [5.41, 5.74) is 3.95. The minimum atomic E-state index is -0.306. The van der Waals surface area contributed by atoms with Crippen LogP contribution in [0.25, 0.3) is 17.1 Å². The van der Waals surface area contributed by atoms with Crippen LogP contribution >= 0.6 is 11.8 Å². The van der Waals surface area contributed by atoms with E-state index in [4.69, 9.17) is 0 Å². The highest BCUT2D eigenvalue weighted by Crippen LogP contribution is 2.29. The molecular formula is C28H31N5OS. The Hall–Kier alpha value is -3.45. The van der Waals surface area contributed by atoms with Crippen molar-refractivity contribution < 1.29 is 4.79 Å². The third-order valence-electron chi connectivity index (χ3n) is 5.79. The quantitative estimate of drug-likeness (QED) is 0.295. The summed E-state index contributed by atoms with van der Waals surface area (Å²) in [7, 11) is 0. The van der Waals surface area contributed by atoms with E-state index in [1.54, 1.807) is 12.4 Å². The summed E-state index contributed by atoms with van der Waals surface area (Å²) >= 11 is 1.41. The molecule has 4 rings (SSSR count). The number of nitrogens with zero attached hydrogens (tertiary/aromatic N) is 5. The van der Waals surface area contributed by atoms with Crippen molar-refractivity contribution in [3.63, 3.8) is 0 Å². The number of hydrogen-bond donors (Lipinski definition) is 0. The number of aryl methyl sites for hydroxylation is 1. The lowest BCUT2D eigenvalue weighted by atomic mass is 10.0. The van der Waals surface area contributed by atoms with Crippen LogP contribution in [0.5, 0.6) is 0 Å². The van der Waals surface area contributed by atoms with Crippen molar-refractivity contribution in [3.05, 3.63) is 90.3 Å². The molecule has 0 saturated heterocycles. The Morgan fingerprint density at radius 1 is 0.914 bits per heavy atom. The fourth-order valence-electron chi connectivity index (χ4n) is 3.83. The molecule has 0 aliphatic heterocycles. The summed E-state index contributed by atoms with van der Waals surface area (Å²) in [5, 5.41) is 9.64. The van der Waals surface area contributed by atoms with E-state index in [1.165, 1.54) is 17.3 Å². The van der Waals surface area contributed by atoms with E-state index >= 15 is 0 Å². The Bertz CT molecular complexity index is 1250. The third-order valence-corrected chi connectivity index (χ3v) is 6.71. The molecule has 0 spiro atoms. The number of carbonyl (C=O) groups excluding carboxylic acids is 1. The van der Waals surface area contributed by atoms with Crippen LogP contribution in [0.4, 0.5) is 0 Å². The predicted octanol–water partition coefficient (Wildman–Crippen LogP) is 5.81. The monoisotopic (exact) mass is 485 g/mol. The molecule has 6 nitrogen and oxygen atoms in total. The summed E-state index contributed by atoms with van der Waals surface area (Å²) in [4.78, 5) is 19.5. The van der Waals surface area contributed by atoms with Crippen LogP contribution in [-0.2, 0) is 17.8 Å². The molecular weight excluding hydrogens is 454 g/mol. The van der Waals surface area contributed by atoms with Crippen molar-refractivity contribution >= 4 is 17.7 Å². The smallest absolute Gasteiger partial charge is 0.233 e. The molecule has 2 heterocycles. The van der Waals surface area contributed by atoms with Crippen molar-refractivity contribution in [3.8, 4) is 17.1 Å². The second-order valence-corrected chi connectivity index (χ2v) is 10.3.